The van der Waals surface area contributed by atoms with Crippen LogP contribution >= 0.6 is 0 Å². The van der Waals surface area contributed by atoms with E-state index < -0.39 is 5.97 Å². The van der Waals surface area contributed by atoms with Gasteiger partial charge in [-0.05, 0) is 36.1 Å². The molecule has 2 rings (SSSR count). The fourth-order valence-electron chi connectivity index (χ4n) is 2.00. The monoisotopic (exact) mass is 205 g/mol. The maximum absolute atomic E-state index is 10.6. The van der Waals surface area contributed by atoms with E-state index >= 15 is 0 Å². The van der Waals surface area contributed by atoms with Gasteiger partial charge in [-0.2, -0.15) is 0 Å². The Bertz CT molecular complexity index is 374. The number of nitrogens with one attached hydrogen (secondary N) is 1. The number of hydrogen-bond donors (Lipinski definition) is 2. The van der Waals surface area contributed by atoms with Gasteiger partial charge in [0.2, 0.25) is 0 Å². The predicted octanol–water partition coefficient (Wildman–Crippen LogP) is 1.35. The predicted molar refractivity (Wildman–Crippen MR) is 57.8 cm³/mol. The second kappa shape index (κ2) is 4.45. The van der Waals surface area contributed by atoms with Crippen LogP contribution in [0.5, 0.6) is 0 Å². The standard InChI is InChI=1S/C12H15NO2/c14-12(15)7-9-3-4-10-2-1-5-13-8-11(10)6-9/h3-4,6,13H,1-2,5,7-8H2,(H,14,15). The zero-order valence-electron chi connectivity index (χ0n) is 8.62. The van der Waals surface area contributed by atoms with Crippen LogP contribution in [0.2, 0.25) is 0 Å². The normalized spacial score (nSPS) is 15.5. The van der Waals surface area contributed by atoms with E-state index in [1.165, 1.54) is 11.1 Å². The second-order valence-corrected chi connectivity index (χ2v) is 3.95. The largest absolute Gasteiger partial charge is 0.481 e. The molecule has 3 heteroatoms. The van der Waals surface area contributed by atoms with Crippen molar-refractivity contribution >= 4 is 5.97 Å². The number of fused-ring (bicyclic) bond motifs is 1. The van der Waals surface area contributed by atoms with E-state index in [0.29, 0.717) is 0 Å². The van der Waals surface area contributed by atoms with Crippen molar-refractivity contribution in [1.29, 1.82) is 0 Å². The highest BCUT2D eigenvalue weighted by molar-refractivity contribution is 5.70. The average molecular weight is 205 g/mol. The molecule has 0 atom stereocenters. The van der Waals surface area contributed by atoms with Gasteiger partial charge in [-0.25, -0.2) is 0 Å². The topological polar surface area (TPSA) is 49.3 Å². The fourth-order valence-corrected chi connectivity index (χ4v) is 2.00. The summed E-state index contributed by atoms with van der Waals surface area (Å²) < 4.78 is 0. The number of aryl methyl sites for hydroxylation is 1. The molecule has 0 aliphatic carbocycles. The van der Waals surface area contributed by atoms with Crippen molar-refractivity contribution in [2.24, 2.45) is 0 Å². The van der Waals surface area contributed by atoms with E-state index in [-0.39, 0.29) is 6.42 Å². The highest BCUT2D eigenvalue weighted by Gasteiger charge is 2.09. The van der Waals surface area contributed by atoms with E-state index in [9.17, 15) is 4.79 Å². The van der Waals surface area contributed by atoms with Crippen LogP contribution in [-0.2, 0) is 24.2 Å². The Hall–Kier alpha value is -1.35. The molecule has 0 aromatic heterocycles. The Morgan fingerprint density at radius 3 is 3.07 bits per heavy atom. The van der Waals surface area contributed by atoms with Gasteiger partial charge in [-0.1, -0.05) is 18.2 Å². The van der Waals surface area contributed by atoms with Crippen LogP contribution in [0.4, 0.5) is 0 Å². The molecule has 0 fully saturated rings. The van der Waals surface area contributed by atoms with Gasteiger partial charge >= 0.3 is 5.97 Å². The highest BCUT2D eigenvalue weighted by Crippen LogP contribution is 2.16. The molecule has 0 spiro atoms. The van der Waals surface area contributed by atoms with Gasteiger partial charge in [-0.3, -0.25) is 4.79 Å². The van der Waals surface area contributed by atoms with Gasteiger partial charge in [0.05, 0.1) is 6.42 Å². The first-order valence-corrected chi connectivity index (χ1v) is 5.29. The summed E-state index contributed by atoms with van der Waals surface area (Å²) in [7, 11) is 0. The number of carbonyl (C=O) groups is 1. The summed E-state index contributed by atoms with van der Waals surface area (Å²) in [5.74, 6) is -0.767. The number of hydrogen-bond acceptors (Lipinski definition) is 2. The summed E-state index contributed by atoms with van der Waals surface area (Å²) in [4.78, 5) is 10.6. The molecule has 0 radical (unpaired) electrons. The SMILES string of the molecule is O=C(O)Cc1ccc2c(c1)CNCCC2. The van der Waals surface area contributed by atoms with Crippen LogP contribution in [0.15, 0.2) is 18.2 Å². The summed E-state index contributed by atoms with van der Waals surface area (Å²) in [6.07, 6.45) is 2.37. The summed E-state index contributed by atoms with van der Waals surface area (Å²) in [6.45, 7) is 1.91. The highest BCUT2D eigenvalue weighted by atomic mass is 16.4. The van der Waals surface area contributed by atoms with E-state index in [1.54, 1.807) is 0 Å². The Balaban J connectivity index is 2.23. The first-order chi connectivity index (χ1) is 7.25. The molecule has 1 aromatic rings. The maximum Gasteiger partial charge on any atom is 0.307 e. The number of rotatable bonds is 2. The Kier molecular flexibility index (Phi) is 3.02. The van der Waals surface area contributed by atoms with Crippen molar-refractivity contribution in [2.75, 3.05) is 6.54 Å². The van der Waals surface area contributed by atoms with Crippen molar-refractivity contribution in [3.63, 3.8) is 0 Å². The third kappa shape index (κ3) is 2.57. The molecule has 2 N–H and O–H groups in total. The van der Waals surface area contributed by atoms with Gasteiger partial charge in [0.15, 0.2) is 0 Å². The summed E-state index contributed by atoms with van der Waals surface area (Å²) in [5, 5.41) is 12.0. The lowest BCUT2D eigenvalue weighted by Gasteiger charge is -2.07. The van der Waals surface area contributed by atoms with Gasteiger partial charge in [0.25, 0.3) is 0 Å². The molecule has 0 unspecified atom stereocenters. The quantitative estimate of drug-likeness (QED) is 0.766. The maximum atomic E-state index is 10.6. The molecule has 0 amide bonds. The first kappa shape index (κ1) is 10.2. The van der Waals surface area contributed by atoms with Gasteiger partial charge in [0.1, 0.15) is 0 Å². The summed E-state index contributed by atoms with van der Waals surface area (Å²) in [5.41, 5.74) is 3.50. The second-order valence-electron chi connectivity index (χ2n) is 3.95. The summed E-state index contributed by atoms with van der Waals surface area (Å²) >= 11 is 0. The molecule has 1 aliphatic rings. The Morgan fingerprint density at radius 1 is 1.40 bits per heavy atom. The molecule has 1 aliphatic heterocycles. The van der Waals surface area contributed by atoms with Crippen molar-refractivity contribution in [2.45, 2.75) is 25.8 Å². The van der Waals surface area contributed by atoms with Crippen molar-refractivity contribution < 1.29 is 9.90 Å². The first-order valence-electron chi connectivity index (χ1n) is 5.29. The molecule has 80 valence electrons. The number of aliphatic carboxylic acids is 1. The van der Waals surface area contributed by atoms with E-state index in [4.69, 9.17) is 5.11 Å². The molecule has 0 bridgehead atoms. The zero-order valence-corrected chi connectivity index (χ0v) is 8.62. The average Bonchev–Trinajstić information content (AvgIpc) is 2.41. The molecule has 1 heterocycles. The number of carboxylic acid groups (broad SMARTS) is 1. The van der Waals surface area contributed by atoms with Crippen LogP contribution in [0, 0.1) is 0 Å². The minimum Gasteiger partial charge on any atom is -0.481 e. The van der Waals surface area contributed by atoms with Crippen molar-refractivity contribution in [1.82, 2.24) is 5.32 Å². The molecular formula is C12H15NO2. The lowest BCUT2D eigenvalue weighted by molar-refractivity contribution is -0.136. The van der Waals surface area contributed by atoms with Crippen molar-refractivity contribution in [3.8, 4) is 0 Å². The third-order valence-corrected chi connectivity index (χ3v) is 2.74. The molecule has 1 aromatic carbocycles. The lowest BCUT2D eigenvalue weighted by atomic mass is 10.00. The zero-order chi connectivity index (χ0) is 10.7. The molecule has 3 nitrogen and oxygen atoms in total. The minimum atomic E-state index is -0.767. The smallest absolute Gasteiger partial charge is 0.307 e. The van der Waals surface area contributed by atoms with Crippen molar-refractivity contribution in [3.05, 3.63) is 34.9 Å². The van der Waals surface area contributed by atoms with E-state index in [2.05, 4.69) is 11.4 Å². The third-order valence-electron chi connectivity index (χ3n) is 2.74. The number of carboxylic acids is 1. The molecule has 15 heavy (non-hydrogen) atoms. The van der Waals surface area contributed by atoms with Gasteiger partial charge in [-0.15, -0.1) is 0 Å². The Labute approximate surface area is 89.1 Å². The van der Waals surface area contributed by atoms with Gasteiger partial charge in [0, 0.05) is 6.54 Å². The van der Waals surface area contributed by atoms with Crippen LogP contribution in [0.1, 0.15) is 23.1 Å². The van der Waals surface area contributed by atoms with Crippen LogP contribution < -0.4 is 5.32 Å². The van der Waals surface area contributed by atoms with Crippen LogP contribution in [-0.4, -0.2) is 17.6 Å². The number of benzene rings is 1. The van der Waals surface area contributed by atoms with E-state index in [0.717, 1.165) is 31.5 Å². The minimum absolute atomic E-state index is 0.118. The molecular weight excluding hydrogens is 190 g/mol. The van der Waals surface area contributed by atoms with Crippen LogP contribution in [0.3, 0.4) is 0 Å². The molecule has 0 saturated heterocycles. The summed E-state index contributed by atoms with van der Waals surface area (Å²) in [6, 6.07) is 6.01. The van der Waals surface area contributed by atoms with Crippen LogP contribution in [0.25, 0.3) is 0 Å². The van der Waals surface area contributed by atoms with Gasteiger partial charge < -0.3 is 10.4 Å². The lowest BCUT2D eigenvalue weighted by Crippen LogP contribution is -2.12. The Morgan fingerprint density at radius 2 is 2.27 bits per heavy atom. The fraction of sp³-hybridized carbons (Fsp3) is 0.417. The van der Waals surface area contributed by atoms with E-state index in [1.807, 2.05) is 12.1 Å². The molecule has 0 saturated carbocycles.